The molecule has 0 bridgehead atoms. The quantitative estimate of drug-likeness (QED) is 0.166. The number of carbonyl (C=O) groups excluding carboxylic acids is 3. The average Bonchev–Trinajstić information content (AvgIpc) is 2.82. The Morgan fingerprint density at radius 1 is 1.09 bits per heavy atom. The zero-order valence-electron chi connectivity index (χ0n) is 18.9. The predicted octanol–water partition coefficient (Wildman–Crippen LogP) is 2.47. The van der Waals surface area contributed by atoms with E-state index in [0.29, 0.717) is 53.4 Å². The van der Waals surface area contributed by atoms with Gasteiger partial charge in [-0.25, -0.2) is 5.43 Å². The lowest BCUT2D eigenvalue weighted by atomic mass is 10.2. The molecule has 182 valence electrons. The van der Waals surface area contributed by atoms with Gasteiger partial charge < -0.3 is 24.8 Å². The number of methoxy groups -OCH3 is 1. The summed E-state index contributed by atoms with van der Waals surface area (Å²) < 4.78 is 16.7. The number of benzene rings is 2. The fourth-order valence-corrected chi connectivity index (χ4v) is 3.21. The van der Waals surface area contributed by atoms with Gasteiger partial charge in [-0.1, -0.05) is 18.2 Å². The van der Waals surface area contributed by atoms with Crippen molar-refractivity contribution in [2.24, 2.45) is 5.10 Å². The second-order valence-electron chi connectivity index (χ2n) is 6.77. The summed E-state index contributed by atoms with van der Waals surface area (Å²) >= 11 is 3.41. The summed E-state index contributed by atoms with van der Waals surface area (Å²) in [5.41, 5.74) is 3.40. The Labute approximate surface area is 206 Å². The Morgan fingerprint density at radius 3 is 2.56 bits per heavy atom. The molecule has 0 saturated heterocycles. The number of anilines is 1. The van der Waals surface area contributed by atoms with E-state index in [9.17, 15) is 14.4 Å². The standard InChI is InChI=1S/C23H27BrN4O6/c1-3-33-19-13-16(14-26-28-23(31)22(30)25-10-7-11-32-2)12-18(24)21(19)34-15-20(29)27-17-8-5-4-6-9-17/h4-6,8-9,12-14H,3,7,10-11,15H2,1-2H3,(H,25,30)(H,27,29)(H,28,31)/b26-14-. The topological polar surface area (TPSA) is 127 Å². The van der Waals surface area contributed by atoms with Crippen LogP contribution in [0.25, 0.3) is 0 Å². The summed E-state index contributed by atoms with van der Waals surface area (Å²) in [6, 6.07) is 12.4. The zero-order valence-corrected chi connectivity index (χ0v) is 20.5. The van der Waals surface area contributed by atoms with Gasteiger partial charge in [-0.2, -0.15) is 5.10 Å². The van der Waals surface area contributed by atoms with Crippen molar-refractivity contribution in [2.75, 3.05) is 38.8 Å². The van der Waals surface area contributed by atoms with Crippen molar-refractivity contribution >= 4 is 45.6 Å². The van der Waals surface area contributed by atoms with Crippen molar-refractivity contribution < 1.29 is 28.6 Å². The normalized spacial score (nSPS) is 10.6. The van der Waals surface area contributed by atoms with Crippen molar-refractivity contribution in [3.8, 4) is 11.5 Å². The van der Waals surface area contributed by atoms with Crippen LogP contribution in [0.1, 0.15) is 18.9 Å². The van der Waals surface area contributed by atoms with Crippen LogP contribution in [0.15, 0.2) is 52.0 Å². The molecule has 0 saturated carbocycles. The van der Waals surface area contributed by atoms with Crippen molar-refractivity contribution in [3.63, 3.8) is 0 Å². The lowest BCUT2D eigenvalue weighted by Gasteiger charge is -2.14. The number of amides is 3. The van der Waals surface area contributed by atoms with Gasteiger partial charge >= 0.3 is 11.8 Å². The molecule has 0 unspecified atom stereocenters. The molecule has 11 heteroatoms. The maximum absolute atomic E-state index is 12.2. The van der Waals surface area contributed by atoms with Crippen LogP contribution < -0.4 is 25.5 Å². The molecule has 3 amide bonds. The molecular weight excluding hydrogens is 508 g/mol. The first-order chi connectivity index (χ1) is 16.4. The van der Waals surface area contributed by atoms with Crippen molar-refractivity contribution in [1.82, 2.24) is 10.7 Å². The first kappa shape index (κ1) is 26.8. The van der Waals surface area contributed by atoms with Crippen LogP contribution in [0.3, 0.4) is 0 Å². The number of nitrogens with one attached hydrogen (secondary N) is 3. The Balaban J connectivity index is 1.97. The molecule has 0 aromatic heterocycles. The molecule has 2 aromatic carbocycles. The second kappa shape index (κ2) is 14.7. The summed E-state index contributed by atoms with van der Waals surface area (Å²) in [6.45, 7) is 2.75. The molecule has 0 radical (unpaired) electrons. The molecule has 0 aliphatic heterocycles. The summed E-state index contributed by atoms with van der Waals surface area (Å²) in [5, 5.41) is 9.01. The number of carbonyl (C=O) groups is 3. The van der Waals surface area contributed by atoms with E-state index in [-0.39, 0.29) is 12.5 Å². The van der Waals surface area contributed by atoms with Crippen molar-refractivity contribution in [2.45, 2.75) is 13.3 Å². The minimum atomic E-state index is -0.887. The number of nitrogens with zero attached hydrogens (tertiary/aromatic N) is 1. The average molecular weight is 535 g/mol. The molecular formula is C23H27BrN4O6. The number of halogens is 1. The van der Waals surface area contributed by atoms with Crippen LogP contribution in [-0.4, -0.2) is 57.4 Å². The summed E-state index contributed by atoms with van der Waals surface area (Å²) in [6.07, 6.45) is 1.95. The molecule has 0 aliphatic carbocycles. The molecule has 0 heterocycles. The molecule has 0 spiro atoms. The number of hydrazone groups is 1. The summed E-state index contributed by atoms with van der Waals surface area (Å²) in [7, 11) is 1.56. The summed E-state index contributed by atoms with van der Waals surface area (Å²) in [4.78, 5) is 35.7. The van der Waals surface area contributed by atoms with Gasteiger partial charge in [0.15, 0.2) is 18.1 Å². The van der Waals surface area contributed by atoms with Gasteiger partial charge in [0, 0.05) is 25.9 Å². The highest BCUT2D eigenvalue weighted by Crippen LogP contribution is 2.36. The van der Waals surface area contributed by atoms with E-state index in [1.807, 2.05) is 25.1 Å². The fraction of sp³-hybridized carbons (Fsp3) is 0.304. The van der Waals surface area contributed by atoms with Gasteiger partial charge in [-0.3, -0.25) is 14.4 Å². The first-order valence-corrected chi connectivity index (χ1v) is 11.3. The highest BCUT2D eigenvalue weighted by atomic mass is 79.9. The fourth-order valence-electron chi connectivity index (χ4n) is 2.64. The molecule has 2 rings (SSSR count). The van der Waals surface area contributed by atoms with E-state index in [0.717, 1.165) is 0 Å². The van der Waals surface area contributed by atoms with Gasteiger partial charge in [-0.05, 0) is 59.1 Å². The van der Waals surface area contributed by atoms with Crippen molar-refractivity contribution in [1.29, 1.82) is 0 Å². The number of hydrogen-bond donors (Lipinski definition) is 3. The third-order valence-corrected chi connectivity index (χ3v) is 4.72. The number of rotatable bonds is 12. The van der Waals surface area contributed by atoms with Crippen LogP contribution in [0.4, 0.5) is 5.69 Å². The molecule has 0 fully saturated rings. The van der Waals surface area contributed by atoms with Crippen LogP contribution in [0.5, 0.6) is 11.5 Å². The van der Waals surface area contributed by atoms with Crippen molar-refractivity contribution in [3.05, 3.63) is 52.5 Å². The molecule has 34 heavy (non-hydrogen) atoms. The maximum Gasteiger partial charge on any atom is 0.329 e. The molecule has 10 nitrogen and oxygen atoms in total. The Kier molecular flexibility index (Phi) is 11.6. The van der Waals surface area contributed by atoms with E-state index < -0.39 is 11.8 Å². The molecule has 0 atom stereocenters. The number of para-hydroxylation sites is 1. The lowest BCUT2D eigenvalue weighted by Crippen LogP contribution is -2.38. The maximum atomic E-state index is 12.2. The zero-order chi connectivity index (χ0) is 24.8. The SMILES string of the molecule is CCOc1cc(/C=N\NC(=O)C(=O)NCCCOC)cc(Br)c1OCC(=O)Nc1ccccc1. The van der Waals surface area contributed by atoms with E-state index in [4.69, 9.17) is 14.2 Å². The Hall–Kier alpha value is -3.44. The smallest absolute Gasteiger partial charge is 0.329 e. The molecule has 0 aliphatic rings. The highest BCUT2D eigenvalue weighted by Gasteiger charge is 2.15. The van der Waals surface area contributed by atoms with Gasteiger partial charge in [0.05, 0.1) is 17.3 Å². The third-order valence-electron chi connectivity index (χ3n) is 4.13. The Bertz CT molecular complexity index is 1000. The van der Waals surface area contributed by atoms with Crippen LogP contribution in [0.2, 0.25) is 0 Å². The second-order valence-corrected chi connectivity index (χ2v) is 7.62. The number of hydrogen-bond acceptors (Lipinski definition) is 7. The van der Waals surface area contributed by atoms with Gasteiger partial charge in [-0.15, -0.1) is 0 Å². The monoisotopic (exact) mass is 534 g/mol. The predicted molar refractivity (Wildman–Crippen MR) is 131 cm³/mol. The lowest BCUT2D eigenvalue weighted by molar-refractivity contribution is -0.139. The molecule has 3 N–H and O–H groups in total. The minimum absolute atomic E-state index is 0.226. The van der Waals surface area contributed by atoms with Crippen LogP contribution >= 0.6 is 15.9 Å². The third kappa shape index (κ3) is 9.20. The minimum Gasteiger partial charge on any atom is -0.490 e. The van der Waals surface area contributed by atoms with Crippen LogP contribution in [0, 0.1) is 0 Å². The van der Waals surface area contributed by atoms with E-state index in [2.05, 4.69) is 37.1 Å². The van der Waals surface area contributed by atoms with E-state index in [1.54, 1.807) is 31.4 Å². The summed E-state index contributed by atoms with van der Waals surface area (Å²) in [5.74, 6) is -1.27. The molecule has 2 aromatic rings. The van der Waals surface area contributed by atoms with Gasteiger partial charge in [0.25, 0.3) is 5.91 Å². The highest BCUT2D eigenvalue weighted by molar-refractivity contribution is 9.10. The van der Waals surface area contributed by atoms with Crippen LogP contribution in [-0.2, 0) is 19.1 Å². The van der Waals surface area contributed by atoms with E-state index in [1.165, 1.54) is 6.21 Å². The largest absolute Gasteiger partial charge is 0.490 e. The first-order valence-electron chi connectivity index (χ1n) is 10.5. The Morgan fingerprint density at radius 2 is 1.85 bits per heavy atom. The van der Waals surface area contributed by atoms with Gasteiger partial charge in [0.1, 0.15) is 0 Å². The van der Waals surface area contributed by atoms with Gasteiger partial charge in [0.2, 0.25) is 0 Å². The number of ether oxygens (including phenoxy) is 3. The van der Waals surface area contributed by atoms with E-state index >= 15 is 0 Å².